The molecule has 0 aromatic rings. The number of nitrogens with zero attached hydrogens (tertiary/aromatic N) is 1. The molecule has 1 heterocycles. The Morgan fingerprint density at radius 3 is 2.38 bits per heavy atom. The average Bonchev–Trinajstić information content (AvgIpc) is 2.24. The van der Waals surface area contributed by atoms with Crippen LogP contribution in [-0.2, 0) is 0 Å². The lowest BCUT2D eigenvalue weighted by Crippen LogP contribution is -2.48. The maximum Gasteiger partial charge on any atom is 0.00966 e. The zero-order valence-electron chi connectivity index (χ0n) is 11.6. The smallest absolute Gasteiger partial charge is 0.00966 e. The van der Waals surface area contributed by atoms with Gasteiger partial charge in [0.2, 0.25) is 0 Å². The van der Waals surface area contributed by atoms with Gasteiger partial charge in [0.15, 0.2) is 0 Å². The summed E-state index contributed by atoms with van der Waals surface area (Å²) in [6, 6.07) is 2.26. The van der Waals surface area contributed by atoms with Crippen molar-refractivity contribution in [2.75, 3.05) is 13.6 Å². The first-order valence-corrected chi connectivity index (χ1v) is 7.13. The van der Waals surface area contributed by atoms with E-state index < -0.39 is 0 Å². The largest absolute Gasteiger partial charge is 0.311 e. The third-order valence-electron chi connectivity index (χ3n) is 3.95. The van der Waals surface area contributed by atoms with Crippen molar-refractivity contribution in [2.45, 2.75) is 77.4 Å². The van der Waals surface area contributed by atoms with E-state index in [0.29, 0.717) is 0 Å². The standard InChI is InChI=1S/C14H30N2/c1-5-7-13(8-6-2)15-14-9-10-16(4)12(3)11-14/h12-15H,5-11H2,1-4H3. The molecule has 0 saturated carbocycles. The van der Waals surface area contributed by atoms with Gasteiger partial charge in [0.25, 0.3) is 0 Å². The summed E-state index contributed by atoms with van der Waals surface area (Å²) in [5.41, 5.74) is 0. The predicted octanol–water partition coefficient (Wildman–Crippen LogP) is 3.03. The van der Waals surface area contributed by atoms with E-state index in [2.05, 4.69) is 38.0 Å². The number of rotatable bonds is 6. The zero-order chi connectivity index (χ0) is 12.0. The Kier molecular flexibility index (Phi) is 6.37. The van der Waals surface area contributed by atoms with Crippen LogP contribution in [0.2, 0.25) is 0 Å². The molecule has 0 aromatic heterocycles. The number of likely N-dealkylation sites (tertiary alicyclic amines) is 1. The van der Waals surface area contributed by atoms with Gasteiger partial charge in [0.1, 0.15) is 0 Å². The summed E-state index contributed by atoms with van der Waals surface area (Å²) >= 11 is 0. The normalized spacial score (nSPS) is 27.6. The van der Waals surface area contributed by atoms with Crippen molar-refractivity contribution in [3.8, 4) is 0 Å². The van der Waals surface area contributed by atoms with E-state index in [1.165, 1.54) is 45.1 Å². The molecule has 1 N–H and O–H groups in total. The second kappa shape index (κ2) is 7.29. The van der Waals surface area contributed by atoms with Crippen molar-refractivity contribution >= 4 is 0 Å². The van der Waals surface area contributed by atoms with Crippen molar-refractivity contribution in [1.29, 1.82) is 0 Å². The molecule has 1 fully saturated rings. The van der Waals surface area contributed by atoms with Crippen LogP contribution in [0.1, 0.15) is 59.3 Å². The molecule has 0 radical (unpaired) electrons. The summed E-state index contributed by atoms with van der Waals surface area (Å²) in [6.45, 7) is 8.19. The minimum atomic E-state index is 0.746. The van der Waals surface area contributed by atoms with E-state index in [4.69, 9.17) is 0 Å². The van der Waals surface area contributed by atoms with Crippen molar-refractivity contribution in [3.05, 3.63) is 0 Å². The lowest BCUT2D eigenvalue weighted by Gasteiger charge is -2.37. The van der Waals surface area contributed by atoms with E-state index in [-0.39, 0.29) is 0 Å². The van der Waals surface area contributed by atoms with Gasteiger partial charge in [-0.1, -0.05) is 26.7 Å². The first-order chi connectivity index (χ1) is 7.67. The second-order valence-electron chi connectivity index (χ2n) is 5.49. The van der Waals surface area contributed by atoms with Crippen LogP contribution in [-0.4, -0.2) is 36.6 Å². The Balaban J connectivity index is 2.33. The molecule has 0 bridgehead atoms. The minimum absolute atomic E-state index is 0.746. The number of hydrogen-bond acceptors (Lipinski definition) is 2. The minimum Gasteiger partial charge on any atom is -0.311 e. The fourth-order valence-corrected chi connectivity index (χ4v) is 2.78. The second-order valence-corrected chi connectivity index (χ2v) is 5.49. The topological polar surface area (TPSA) is 15.3 Å². The molecular weight excluding hydrogens is 196 g/mol. The molecule has 1 rings (SSSR count). The molecule has 2 unspecified atom stereocenters. The lowest BCUT2D eigenvalue weighted by atomic mass is 9.96. The van der Waals surface area contributed by atoms with Gasteiger partial charge in [-0.25, -0.2) is 0 Å². The van der Waals surface area contributed by atoms with Crippen LogP contribution in [0.15, 0.2) is 0 Å². The molecule has 0 spiro atoms. The highest BCUT2D eigenvalue weighted by Gasteiger charge is 2.23. The van der Waals surface area contributed by atoms with Crippen LogP contribution in [0, 0.1) is 0 Å². The maximum atomic E-state index is 3.88. The third-order valence-corrected chi connectivity index (χ3v) is 3.95. The van der Waals surface area contributed by atoms with Gasteiger partial charge in [-0.05, 0) is 46.2 Å². The van der Waals surface area contributed by atoms with E-state index in [1.807, 2.05) is 0 Å². The molecule has 0 amide bonds. The molecule has 1 aliphatic rings. The fourth-order valence-electron chi connectivity index (χ4n) is 2.78. The van der Waals surface area contributed by atoms with Gasteiger partial charge >= 0.3 is 0 Å². The Morgan fingerprint density at radius 1 is 1.25 bits per heavy atom. The van der Waals surface area contributed by atoms with Gasteiger partial charge in [0.05, 0.1) is 0 Å². The summed E-state index contributed by atoms with van der Waals surface area (Å²) in [5, 5.41) is 3.88. The van der Waals surface area contributed by atoms with Gasteiger partial charge in [-0.3, -0.25) is 0 Å². The Morgan fingerprint density at radius 2 is 1.88 bits per heavy atom. The average molecular weight is 226 g/mol. The summed E-state index contributed by atoms with van der Waals surface area (Å²) in [6.07, 6.45) is 7.94. The van der Waals surface area contributed by atoms with Crippen LogP contribution in [0.25, 0.3) is 0 Å². The molecule has 1 aliphatic heterocycles. The van der Waals surface area contributed by atoms with Crippen molar-refractivity contribution in [3.63, 3.8) is 0 Å². The number of hydrogen-bond donors (Lipinski definition) is 1. The summed E-state index contributed by atoms with van der Waals surface area (Å²) in [7, 11) is 2.25. The fraction of sp³-hybridized carbons (Fsp3) is 1.00. The van der Waals surface area contributed by atoms with Crippen LogP contribution in [0.4, 0.5) is 0 Å². The van der Waals surface area contributed by atoms with Gasteiger partial charge < -0.3 is 10.2 Å². The lowest BCUT2D eigenvalue weighted by molar-refractivity contribution is 0.160. The van der Waals surface area contributed by atoms with E-state index in [1.54, 1.807) is 0 Å². The molecule has 96 valence electrons. The van der Waals surface area contributed by atoms with Gasteiger partial charge in [-0.2, -0.15) is 0 Å². The highest BCUT2D eigenvalue weighted by atomic mass is 15.1. The highest BCUT2D eigenvalue weighted by Crippen LogP contribution is 2.17. The van der Waals surface area contributed by atoms with Gasteiger partial charge in [0, 0.05) is 18.1 Å². The van der Waals surface area contributed by atoms with Gasteiger partial charge in [-0.15, -0.1) is 0 Å². The quantitative estimate of drug-likeness (QED) is 0.749. The van der Waals surface area contributed by atoms with Crippen LogP contribution in [0.5, 0.6) is 0 Å². The summed E-state index contributed by atoms with van der Waals surface area (Å²) in [5.74, 6) is 0. The monoisotopic (exact) mass is 226 g/mol. The van der Waals surface area contributed by atoms with Crippen molar-refractivity contribution in [1.82, 2.24) is 10.2 Å². The molecule has 2 heteroatoms. The Bertz CT molecular complexity index is 176. The van der Waals surface area contributed by atoms with Crippen LogP contribution >= 0.6 is 0 Å². The predicted molar refractivity (Wildman–Crippen MR) is 71.9 cm³/mol. The molecule has 0 aromatic carbocycles. The molecule has 2 atom stereocenters. The SMILES string of the molecule is CCCC(CCC)NC1CCN(C)C(C)C1. The number of piperidine rings is 1. The molecule has 2 nitrogen and oxygen atoms in total. The van der Waals surface area contributed by atoms with Crippen LogP contribution < -0.4 is 5.32 Å². The Labute approximate surface area is 102 Å². The van der Waals surface area contributed by atoms with E-state index in [0.717, 1.165) is 18.1 Å². The van der Waals surface area contributed by atoms with E-state index in [9.17, 15) is 0 Å². The summed E-state index contributed by atoms with van der Waals surface area (Å²) < 4.78 is 0. The molecule has 0 aliphatic carbocycles. The molecular formula is C14H30N2. The van der Waals surface area contributed by atoms with Crippen molar-refractivity contribution < 1.29 is 0 Å². The zero-order valence-corrected chi connectivity index (χ0v) is 11.6. The highest BCUT2D eigenvalue weighted by molar-refractivity contribution is 4.83. The van der Waals surface area contributed by atoms with Crippen molar-refractivity contribution in [2.24, 2.45) is 0 Å². The summed E-state index contributed by atoms with van der Waals surface area (Å²) in [4.78, 5) is 2.48. The van der Waals surface area contributed by atoms with E-state index >= 15 is 0 Å². The Hall–Kier alpha value is -0.0800. The van der Waals surface area contributed by atoms with Crippen LogP contribution in [0.3, 0.4) is 0 Å². The first kappa shape index (κ1) is 14.0. The first-order valence-electron chi connectivity index (χ1n) is 7.13. The maximum absolute atomic E-state index is 3.88. The number of nitrogens with one attached hydrogen (secondary N) is 1. The molecule has 16 heavy (non-hydrogen) atoms. The third kappa shape index (κ3) is 4.42. The molecule has 1 saturated heterocycles.